The van der Waals surface area contributed by atoms with Gasteiger partial charge in [0, 0.05) is 18.7 Å². The molecule has 0 bridgehead atoms. The van der Waals surface area contributed by atoms with E-state index in [0.717, 1.165) is 51.4 Å². The van der Waals surface area contributed by atoms with E-state index >= 15 is 0 Å². The van der Waals surface area contributed by atoms with Crippen LogP contribution in [0.3, 0.4) is 0 Å². The molecule has 2 fully saturated rings. The van der Waals surface area contributed by atoms with Crippen LogP contribution in [-0.2, 0) is 15.6 Å². The third kappa shape index (κ3) is 3.66. The third-order valence-electron chi connectivity index (χ3n) is 5.65. The largest absolute Gasteiger partial charge is 0.334 e. The molecule has 1 aliphatic carbocycles. The average molecular weight is 391 g/mol. The van der Waals surface area contributed by atoms with Gasteiger partial charge in [-0.15, -0.1) is 0 Å². The molecule has 7 nitrogen and oxygen atoms in total. The number of nitrogens with two attached hydrogens (primary N) is 1. The van der Waals surface area contributed by atoms with Crippen molar-refractivity contribution in [2.45, 2.75) is 61.8 Å². The van der Waals surface area contributed by atoms with Gasteiger partial charge in [0.2, 0.25) is 10.0 Å². The van der Waals surface area contributed by atoms with E-state index in [1.54, 1.807) is 28.6 Å². The van der Waals surface area contributed by atoms with Crippen LogP contribution in [0.1, 0.15) is 57.2 Å². The molecular formula is C19H26N4O3S. The van der Waals surface area contributed by atoms with Crippen molar-refractivity contribution in [3.8, 4) is 11.5 Å². The fourth-order valence-corrected chi connectivity index (χ4v) is 5.56. The number of aromatic nitrogens is 2. The van der Waals surface area contributed by atoms with Crippen LogP contribution in [0.25, 0.3) is 11.5 Å². The summed E-state index contributed by atoms with van der Waals surface area (Å²) in [6, 6.07) is 6.76. The second-order valence-electron chi connectivity index (χ2n) is 7.63. The minimum absolute atomic E-state index is 0.268. The summed E-state index contributed by atoms with van der Waals surface area (Å²) in [6.45, 7) is 1.15. The first-order chi connectivity index (χ1) is 13.0. The van der Waals surface area contributed by atoms with Crippen molar-refractivity contribution in [1.29, 1.82) is 0 Å². The third-order valence-corrected chi connectivity index (χ3v) is 7.55. The lowest BCUT2D eigenvalue weighted by Gasteiger charge is -2.20. The Morgan fingerprint density at radius 3 is 2.44 bits per heavy atom. The summed E-state index contributed by atoms with van der Waals surface area (Å²) in [4.78, 5) is 4.74. The molecule has 4 rings (SSSR count). The Hall–Kier alpha value is -1.77. The summed E-state index contributed by atoms with van der Waals surface area (Å²) >= 11 is 0. The Balaban J connectivity index is 1.62. The van der Waals surface area contributed by atoms with E-state index in [1.165, 1.54) is 0 Å². The predicted octanol–water partition coefficient (Wildman–Crippen LogP) is 3.03. The van der Waals surface area contributed by atoms with E-state index in [1.807, 2.05) is 0 Å². The zero-order valence-corrected chi connectivity index (χ0v) is 16.2. The van der Waals surface area contributed by atoms with Gasteiger partial charge in [0.05, 0.1) is 10.4 Å². The van der Waals surface area contributed by atoms with E-state index < -0.39 is 15.6 Å². The number of rotatable bonds is 4. The topological polar surface area (TPSA) is 102 Å². The van der Waals surface area contributed by atoms with Gasteiger partial charge in [0.15, 0.2) is 5.82 Å². The van der Waals surface area contributed by atoms with Gasteiger partial charge in [-0.05, 0) is 43.9 Å². The maximum Gasteiger partial charge on any atom is 0.258 e. The predicted molar refractivity (Wildman–Crippen MR) is 101 cm³/mol. The van der Waals surface area contributed by atoms with Crippen molar-refractivity contribution in [2.24, 2.45) is 5.73 Å². The molecule has 0 unspecified atom stereocenters. The first-order valence-electron chi connectivity index (χ1n) is 9.73. The molecule has 2 N–H and O–H groups in total. The summed E-state index contributed by atoms with van der Waals surface area (Å²) in [5.41, 5.74) is 6.47. The van der Waals surface area contributed by atoms with Crippen molar-refractivity contribution in [1.82, 2.24) is 14.4 Å². The average Bonchev–Trinajstić information content (AvgIpc) is 3.25. The lowest BCUT2D eigenvalue weighted by molar-refractivity contribution is 0.372. The second kappa shape index (κ2) is 7.33. The molecule has 146 valence electrons. The highest BCUT2D eigenvalue weighted by Gasteiger charge is 2.36. The van der Waals surface area contributed by atoms with Crippen molar-refractivity contribution >= 4 is 10.0 Å². The summed E-state index contributed by atoms with van der Waals surface area (Å²) in [5.74, 6) is 0.824. The molecule has 0 radical (unpaired) electrons. The van der Waals surface area contributed by atoms with Crippen LogP contribution in [0.15, 0.2) is 33.7 Å². The van der Waals surface area contributed by atoms with Crippen molar-refractivity contribution in [3.05, 3.63) is 30.1 Å². The molecule has 2 aliphatic rings. The van der Waals surface area contributed by atoms with Crippen LogP contribution >= 0.6 is 0 Å². The first kappa shape index (κ1) is 18.6. The van der Waals surface area contributed by atoms with E-state index in [2.05, 4.69) is 10.1 Å². The molecule has 1 aliphatic heterocycles. The van der Waals surface area contributed by atoms with Gasteiger partial charge in [0.1, 0.15) is 0 Å². The summed E-state index contributed by atoms with van der Waals surface area (Å²) in [7, 11) is -3.52. The normalized spacial score (nSPS) is 21.2. The molecular weight excluding hydrogens is 364 g/mol. The van der Waals surface area contributed by atoms with Crippen LogP contribution in [0.5, 0.6) is 0 Å². The zero-order valence-electron chi connectivity index (χ0n) is 15.4. The van der Waals surface area contributed by atoms with Crippen LogP contribution < -0.4 is 5.73 Å². The fourth-order valence-electron chi connectivity index (χ4n) is 3.99. The second-order valence-corrected chi connectivity index (χ2v) is 9.57. The van der Waals surface area contributed by atoms with Gasteiger partial charge in [-0.1, -0.05) is 36.9 Å². The van der Waals surface area contributed by atoms with Crippen LogP contribution in [0.2, 0.25) is 0 Å². The summed E-state index contributed by atoms with van der Waals surface area (Å²) in [6.07, 6.45) is 7.78. The standard InChI is InChI=1S/C19H26N4O3S/c20-19(10-3-4-11-19)18-21-17(26-22-18)15-8-7-9-16(14-15)27(24,25)23-12-5-1-2-6-13-23/h7-9,14H,1-6,10-13,20H2. The Morgan fingerprint density at radius 1 is 1.04 bits per heavy atom. The van der Waals surface area contributed by atoms with Crippen molar-refractivity contribution in [2.75, 3.05) is 13.1 Å². The van der Waals surface area contributed by atoms with Gasteiger partial charge in [-0.3, -0.25) is 0 Å². The Kier molecular flexibility index (Phi) is 5.05. The van der Waals surface area contributed by atoms with Crippen LogP contribution in [0, 0.1) is 0 Å². The molecule has 1 aromatic carbocycles. The molecule has 0 amide bonds. The van der Waals surface area contributed by atoms with Crippen LogP contribution in [-0.4, -0.2) is 36.0 Å². The number of benzene rings is 1. The molecule has 0 atom stereocenters. The zero-order chi connectivity index (χ0) is 18.9. The minimum atomic E-state index is -3.52. The SMILES string of the molecule is NC1(c2noc(-c3cccc(S(=O)(=O)N4CCCCCC4)c3)n2)CCCC1. The molecule has 27 heavy (non-hydrogen) atoms. The van der Waals surface area contributed by atoms with Gasteiger partial charge in [0.25, 0.3) is 5.89 Å². The molecule has 2 heterocycles. The lowest BCUT2D eigenvalue weighted by atomic mass is 9.99. The van der Waals surface area contributed by atoms with Gasteiger partial charge >= 0.3 is 0 Å². The highest BCUT2D eigenvalue weighted by molar-refractivity contribution is 7.89. The Labute approximate surface area is 160 Å². The van der Waals surface area contributed by atoms with E-state index in [-0.39, 0.29) is 4.90 Å². The number of sulfonamides is 1. The number of nitrogens with zero attached hydrogens (tertiary/aromatic N) is 3. The molecule has 1 aromatic heterocycles. The van der Waals surface area contributed by atoms with Gasteiger partial charge in [-0.25, -0.2) is 8.42 Å². The van der Waals surface area contributed by atoms with Crippen molar-refractivity contribution < 1.29 is 12.9 Å². The smallest absolute Gasteiger partial charge is 0.258 e. The first-order valence-corrected chi connectivity index (χ1v) is 11.2. The molecule has 0 spiro atoms. The van der Waals surface area contributed by atoms with E-state index in [4.69, 9.17) is 10.3 Å². The van der Waals surface area contributed by atoms with E-state index in [9.17, 15) is 8.42 Å². The Bertz CT molecular complexity index is 895. The maximum absolute atomic E-state index is 13.0. The quantitative estimate of drug-likeness (QED) is 0.861. The lowest BCUT2D eigenvalue weighted by Crippen LogP contribution is -2.34. The van der Waals surface area contributed by atoms with Gasteiger partial charge < -0.3 is 10.3 Å². The van der Waals surface area contributed by atoms with E-state index in [0.29, 0.717) is 30.4 Å². The molecule has 2 aromatic rings. The molecule has 1 saturated heterocycles. The maximum atomic E-state index is 13.0. The summed E-state index contributed by atoms with van der Waals surface area (Å²) < 4.78 is 33.1. The minimum Gasteiger partial charge on any atom is -0.334 e. The molecule has 8 heteroatoms. The number of hydrogen-bond donors (Lipinski definition) is 1. The van der Waals surface area contributed by atoms with Gasteiger partial charge in [-0.2, -0.15) is 9.29 Å². The molecule has 1 saturated carbocycles. The highest BCUT2D eigenvalue weighted by Crippen LogP contribution is 2.35. The highest BCUT2D eigenvalue weighted by atomic mass is 32.2. The Morgan fingerprint density at radius 2 is 1.74 bits per heavy atom. The summed E-state index contributed by atoms with van der Waals surface area (Å²) in [5, 5.41) is 4.07. The number of hydrogen-bond acceptors (Lipinski definition) is 6. The van der Waals surface area contributed by atoms with Crippen LogP contribution in [0.4, 0.5) is 0 Å². The monoisotopic (exact) mass is 390 g/mol. The fraction of sp³-hybridized carbons (Fsp3) is 0.579. The van der Waals surface area contributed by atoms with Crippen molar-refractivity contribution in [3.63, 3.8) is 0 Å².